The van der Waals surface area contributed by atoms with Crippen LogP contribution in [0.25, 0.3) is 33.1 Å². The van der Waals surface area contributed by atoms with Gasteiger partial charge in [-0.15, -0.1) is 0 Å². The molecule has 4 heterocycles. The minimum atomic E-state index is 0.439. The fourth-order valence-corrected chi connectivity index (χ4v) is 6.48. The normalized spacial score (nSPS) is 18.7. The molecule has 0 unspecified atom stereocenters. The zero-order chi connectivity index (χ0) is 23.9. The minimum Gasteiger partial charge on any atom is -0.381 e. The Bertz CT molecular complexity index is 1340. The number of aromatic nitrogens is 2. The molecule has 1 N–H and O–H groups in total. The van der Waals surface area contributed by atoms with E-state index in [2.05, 4.69) is 72.0 Å². The molecule has 0 spiro atoms. The van der Waals surface area contributed by atoms with E-state index in [1.165, 1.54) is 83.0 Å². The van der Waals surface area contributed by atoms with E-state index in [-0.39, 0.29) is 0 Å². The second-order valence-electron chi connectivity index (χ2n) is 10.9. The number of ether oxygens (including phenoxy) is 1. The quantitative estimate of drug-likeness (QED) is 0.346. The molecule has 0 radical (unpaired) electrons. The first-order chi connectivity index (χ1) is 17.1. The Hall–Kier alpha value is -2.69. The van der Waals surface area contributed by atoms with Crippen molar-refractivity contribution in [1.29, 1.82) is 0 Å². The molecule has 0 aliphatic carbocycles. The first-order valence-electron chi connectivity index (χ1n) is 13.4. The summed E-state index contributed by atoms with van der Waals surface area (Å²) >= 11 is 0. The van der Waals surface area contributed by atoms with Gasteiger partial charge in [0.1, 0.15) is 0 Å². The summed E-state index contributed by atoms with van der Waals surface area (Å²) in [6.07, 6.45) is 6.80. The molecular formula is C31H37N3O. The Morgan fingerprint density at radius 1 is 1.00 bits per heavy atom. The van der Waals surface area contributed by atoms with Crippen LogP contribution in [-0.4, -0.2) is 47.2 Å². The van der Waals surface area contributed by atoms with Gasteiger partial charge in [0.25, 0.3) is 0 Å². The van der Waals surface area contributed by atoms with Crippen molar-refractivity contribution in [2.75, 3.05) is 26.3 Å². The van der Waals surface area contributed by atoms with Crippen molar-refractivity contribution >= 4 is 21.8 Å². The van der Waals surface area contributed by atoms with Gasteiger partial charge in [0.2, 0.25) is 0 Å². The van der Waals surface area contributed by atoms with Gasteiger partial charge in [0.15, 0.2) is 0 Å². The van der Waals surface area contributed by atoms with E-state index in [1.54, 1.807) is 0 Å². The summed E-state index contributed by atoms with van der Waals surface area (Å²) in [7, 11) is 0. The molecule has 2 aromatic carbocycles. The van der Waals surface area contributed by atoms with Gasteiger partial charge in [0.05, 0.1) is 5.52 Å². The predicted octanol–water partition coefficient (Wildman–Crippen LogP) is 7.17. The number of piperidine rings is 1. The molecule has 2 aliphatic heterocycles. The second kappa shape index (κ2) is 9.40. The van der Waals surface area contributed by atoms with Crippen LogP contribution in [-0.2, 0) is 4.74 Å². The maximum atomic E-state index is 5.58. The summed E-state index contributed by atoms with van der Waals surface area (Å²) in [5.74, 6) is 1.09. The Morgan fingerprint density at radius 3 is 2.57 bits per heavy atom. The highest BCUT2D eigenvalue weighted by Crippen LogP contribution is 2.39. The third kappa shape index (κ3) is 4.28. The maximum Gasteiger partial charge on any atom is 0.0731 e. The van der Waals surface area contributed by atoms with E-state index in [9.17, 15) is 0 Å². The van der Waals surface area contributed by atoms with Gasteiger partial charge >= 0.3 is 0 Å². The fraction of sp³-hybridized carbons (Fsp3) is 0.452. The Labute approximate surface area is 208 Å². The molecule has 182 valence electrons. The number of benzene rings is 2. The topological polar surface area (TPSA) is 41.2 Å². The number of fused-ring (bicyclic) bond motifs is 2. The van der Waals surface area contributed by atoms with Gasteiger partial charge in [0, 0.05) is 47.4 Å². The molecular weight excluding hydrogens is 430 g/mol. The van der Waals surface area contributed by atoms with E-state index in [1.807, 2.05) is 12.3 Å². The molecule has 35 heavy (non-hydrogen) atoms. The molecule has 2 aliphatic rings. The van der Waals surface area contributed by atoms with Crippen LogP contribution in [0.2, 0.25) is 0 Å². The summed E-state index contributed by atoms with van der Waals surface area (Å²) in [5, 5.41) is 2.59. The van der Waals surface area contributed by atoms with E-state index in [4.69, 9.17) is 4.74 Å². The number of likely N-dealkylation sites (tertiary alicyclic amines) is 1. The zero-order valence-electron chi connectivity index (χ0n) is 21.3. The van der Waals surface area contributed by atoms with Gasteiger partial charge < -0.3 is 14.6 Å². The summed E-state index contributed by atoms with van der Waals surface area (Å²) in [6, 6.07) is 16.7. The molecule has 4 heteroatoms. The van der Waals surface area contributed by atoms with Crippen LogP contribution in [0.1, 0.15) is 68.1 Å². The van der Waals surface area contributed by atoms with Gasteiger partial charge in [-0.2, -0.15) is 0 Å². The maximum absolute atomic E-state index is 5.58. The first-order valence-corrected chi connectivity index (χ1v) is 13.4. The van der Waals surface area contributed by atoms with Crippen LogP contribution in [0.4, 0.5) is 0 Å². The lowest BCUT2D eigenvalue weighted by Gasteiger charge is -2.39. The van der Waals surface area contributed by atoms with Crippen LogP contribution >= 0.6 is 0 Å². The van der Waals surface area contributed by atoms with Gasteiger partial charge in [-0.05, 0) is 110 Å². The fourth-order valence-electron chi connectivity index (χ4n) is 6.48. The number of hydrogen-bond acceptors (Lipinski definition) is 3. The third-order valence-electron chi connectivity index (χ3n) is 8.33. The predicted molar refractivity (Wildman–Crippen MR) is 145 cm³/mol. The van der Waals surface area contributed by atoms with Crippen molar-refractivity contribution < 1.29 is 4.74 Å². The standard InChI is InChI=1S/C31H37N3O/c1-20(2)29-27-19-23(22-8-13-34(14-9-22)26-10-15-35-16-11-26)6-7-28(27)33-31(29)25-17-21(3)30-24(18-25)5-4-12-32-30/h4-7,12,17-20,22,26,33H,8-11,13-16H2,1-3H3. The van der Waals surface area contributed by atoms with Crippen LogP contribution in [0, 0.1) is 6.92 Å². The van der Waals surface area contributed by atoms with Gasteiger partial charge in [-0.1, -0.05) is 26.0 Å². The Kier molecular flexibility index (Phi) is 6.11. The molecule has 4 aromatic rings. The number of nitrogens with zero attached hydrogens (tertiary/aromatic N) is 2. The van der Waals surface area contributed by atoms with Gasteiger partial charge in [-0.3, -0.25) is 4.98 Å². The van der Waals surface area contributed by atoms with E-state index in [0.29, 0.717) is 11.8 Å². The monoisotopic (exact) mass is 467 g/mol. The summed E-state index contributed by atoms with van der Waals surface area (Å²) in [4.78, 5) is 11.1. The van der Waals surface area contributed by atoms with Crippen LogP contribution in [0.3, 0.4) is 0 Å². The number of hydrogen-bond donors (Lipinski definition) is 1. The van der Waals surface area contributed by atoms with Crippen molar-refractivity contribution in [3.63, 3.8) is 0 Å². The molecule has 6 rings (SSSR count). The van der Waals surface area contributed by atoms with E-state index >= 15 is 0 Å². The molecule has 0 amide bonds. The highest BCUT2D eigenvalue weighted by molar-refractivity contribution is 5.94. The number of aryl methyl sites for hydroxylation is 1. The lowest BCUT2D eigenvalue weighted by Crippen LogP contribution is -2.43. The Balaban J connectivity index is 1.32. The number of H-pyrrole nitrogens is 1. The Morgan fingerprint density at radius 2 is 1.80 bits per heavy atom. The lowest BCUT2D eigenvalue weighted by molar-refractivity contribution is 0.0252. The molecule has 2 saturated heterocycles. The minimum absolute atomic E-state index is 0.439. The third-order valence-corrected chi connectivity index (χ3v) is 8.33. The van der Waals surface area contributed by atoms with Crippen molar-refractivity contribution in [2.24, 2.45) is 0 Å². The van der Waals surface area contributed by atoms with Crippen molar-refractivity contribution in [3.05, 3.63) is 65.4 Å². The smallest absolute Gasteiger partial charge is 0.0731 e. The largest absolute Gasteiger partial charge is 0.381 e. The zero-order valence-corrected chi connectivity index (χ0v) is 21.3. The molecule has 2 aromatic heterocycles. The summed E-state index contributed by atoms with van der Waals surface area (Å²) in [6.45, 7) is 11.1. The van der Waals surface area contributed by atoms with E-state index < -0.39 is 0 Å². The van der Waals surface area contributed by atoms with Crippen LogP contribution in [0.15, 0.2) is 48.7 Å². The highest BCUT2D eigenvalue weighted by Gasteiger charge is 2.27. The molecule has 2 fully saturated rings. The second-order valence-corrected chi connectivity index (χ2v) is 10.9. The molecule has 0 bridgehead atoms. The summed E-state index contributed by atoms with van der Waals surface area (Å²) < 4.78 is 5.58. The molecule has 4 nitrogen and oxygen atoms in total. The highest BCUT2D eigenvalue weighted by atomic mass is 16.5. The summed E-state index contributed by atoms with van der Waals surface area (Å²) in [5.41, 5.74) is 9.02. The van der Waals surface area contributed by atoms with Gasteiger partial charge in [-0.25, -0.2) is 0 Å². The van der Waals surface area contributed by atoms with Crippen molar-refractivity contribution in [1.82, 2.24) is 14.9 Å². The molecule has 0 atom stereocenters. The van der Waals surface area contributed by atoms with Crippen molar-refractivity contribution in [3.8, 4) is 11.3 Å². The first kappa shape index (κ1) is 22.8. The number of rotatable bonds is 4. The van der Waals surface area contributed by atoms with Crippen LogP contribution in [0.5, 0.6) is 0 Å². The average molecular weight is 468 g/mol. The number of pyridine rings is 1. The lowest BCUT2D eigenvalue weighted by atomic mass is 9.86. The SMILES string of the molecule is Cc1cc(-c2[nH]c3ccc(C4CCN(C5CCOCC5)CC4)cc3c2C(C)C)cc2cccnc12. The van der Waals surface area contributed by atoms with E-state index in [0.717, 1.165) is 24.8 Å². The molecule has 0 saturated carbocycles. The average Bonchev–Trinajstić information content (AvgIpc) is 3.29. The van der Waals surface area contributed by atoms with Crippen LogP contribution < -0.4 is 0 Å². The number of nitrogens with one attached hydrogen (secondary N) is 1. The van der Waals surface area contributed by atoms with Crippen molar-refractivity contribution in [2.45, 2.75) is 64.3 Å². The number of aromatic amines is 1.